The number of hydrogen-bond acceptors (Lipinski definition) is 3. The number of imidazole rings is 1. The Morgan fingerprint density at radius 3 is 2.94 bits per heavy atom. The van der Waals surface area contributed by atoms with Crippen LogP contribution in [0.15, 0.2) is 18.2 Å². The van der Waals surface area contributed by atoms with Crippen LogP contribution in [0.1, 0.15) is 25.2 Å². The number of nitrogens with zero attached hydrogens (tertiary/aromatic N) is 2. The van der Waals surface area contributed by atoms with E-state index in [9.17, 15) is 4.39 Å². The van der Waals surface area contributed by atoms with Gasteiger partial charge in [0.2, 0.25) is 0 Å². The fraction of sp³-hybridized carbons (Fsp3) is 0.417. The maximum atomic E-state index is 13.6. The average Bonchev–Trinajstić information content (AvgIpc) is 2.70. The minimum Gasteiger partial charge on any atom is -0.394 e. The summed E-state index contributed by atoms with van der Waals surface area (Å²) >= 11 is 0. The Morgan fingerprint density at radius 1 is 1.53 bits per heavy atom. The Bertz CT molecular complexity index is 524. The highest BCUT2D eigenvalue weighted by molar-refractivity contribution is 5.76. The zero-order valence-corrected chi connectivity index (χ0v) is 9.73. The third-order valence-corrected chi connectivity index (χ3v) is 2.73. The van der Waals surface area contributed by atoms with Gasteiger partial charge in [-0.05, 0) is 18.6 Å². The Labute approximate surface area is 98.9 Å². The topological polar surface area (TPSA) is 64.1 Å². The molecule has 1 aromatic carbocycles. The zero-order chi connectivity index (χ0) is 12.4. The molecule has 0 aliphatic carbocycles. The summed E-state index contributed by atoms with van der Waals surface area (Å²) in [6.45, 7) is 2.54. The van der Waals surface area contributed by atoms with Crippen LogP contribution < -0.4 is 5.73 Å². The summed E-state index contributed by atoms with van der Waals surface area (Å²) in [5.41, 5.74) is 6.83. The van der Waals surface area contributed by atoms with Gasteiger partial charge in [-0.25, -0.2) is 9.37 Å². The fourth-order valence-corrected chi connectivity index (χ4v) is 1.95. The molecule has 0 aliphatic heterocycles. The van der Waals surface area contributed by atoms with E-state index in [0.29, 0.717) is 17.9 Å². The molecule has 1 unspecified atom stereocenters. The third-order valence-electron chi connectivity index (χ3n) is 2.73. The maximum Gasteiger partial charge on any atom is 0.151 e. The van der Waals surface area contributed by atoms with Crippen LogP contribution in [-0.2, 0) is 6.54 Å². The van der Waals surface area contributed by atoms with Crippen molar-refractivity contribution in [3.63, 3.8) is 0 Å². The van der Waals surface area contributed by atoms with Gasteiger partial charge < -0.3 is 15.4 Å². The molecule has 0 saturated carbocycles. The van der Waals surface area contributed by atoms with E-state index in [4.69, 9.17) is 10.8 Å². The predicted molar refractivity (Wildman–Crippen MR) is 64.0 cm³/mol. The monoisotopic (exact) mass is 237 g/mol. The van der Waals surface area contributed by atoms with Crippen LogP contribution in [0.4, 0.5) is 4.39 Å². The molecule has 0 saturated heterocycles. The van der Waals surface area contributed by atoms with Gasteiger partial charge in [-0.3, -0.25) is 0 Å². The molecule has 92 valence electrons. The molecular formula is C12H16FN3O. The van der Waals surface area contributed by atoms with Gasteiger partial charge in [-0.1, -0.05) is 13.0 Å². The summed E-state index contributed by atoms with van der Waals surface area (Å²) < 4.78 is 15.5. The smallest absolute Gasteiger partial charge is 0.151 e. The van der Waals surface area contributed by atoms with E-state index in [0.717, 1.165) is 11.9 Å². The second kappa shape index (κ2) is 4.81. The molecule has 5 heteroatoms. The van der Waals surface area contributed by atoms with E-state index >= 15 is 0 Å². The van der Waals surface area contributed by atoms with Crippen molar-refractivity contribution >= 4 is 11.0 Å². The molecule has 0 spiro atoms. The highest BCUT2D eigenvalue weighted by atomic mass is 19.1. The van der Waals surface area contributed by atoms with Gasteiger partial charge in [0.05, 0.1) is 18.2 Å². The van der Waals surface area contributed by atoms with Crippen molar-refractivity contribution in [1.82, 2.24) is 9.55 Å². The van der Waals surface area contributed by atoms with E-state index in [1.165, 1.54) is 6.07 Å². The molecule has 3 N–H and O–H groups in total. The first-order valence-corrected chi connectivity index (χ1v) is 5.70. The Balaban J connectivity index is 2.65. The molecule has 1 aromatic heterocycles. The summed E-state index contributed by atoms with van der Waals surface area (Å²) in [4.78, 5) is 4.20. The summed E-state index contributed by atoms with van der Waals surface area (Å²) in [5, 5.41) is 9.10. The third kappa shape index (κ3) is 2.03. The molecule has 1 heterocycles. The molecule has 0 bridgehead atoms. The number of aryl methyl sites for hydroxylation is 1. The van der Waals surface area contributed by atoms with Gasteiger partial charge in [0.25, 0.3) is 0 Å². The molecule has 0 amide bonds. The highest BCUT2D eigenvalue weighted by Gasteiger charge is 2.17. The van der Waals surface area contributed by atoms with Crippen molar-refractivity contribution in [3.8, 4) is 0 Å². The number of nitrogens with two attached hydrogens (primary N) is 1. The van der Waals surface area contributed by atoms with Crippen LogP contribution in [0.3, 0.4) is 0 Å². The molecular weight excluding hydrogens is 221 g/mol. The quantitative estimate of drug-likeness (QED) is 0.848. The first-order valence-electron chi connectivity index (χ1n) is 5.70. The molecule has 17 heavy (non-hydrogen) atoms. The number of fused-ring (bicyclic) bond motifs is 1. The summed E-state index contributed by atoms with van der Waals surface area (Å²) in [7, 11) is 0. The van der Waals surface area contributed by atoms with Crippen molar-refractivity contribution in [1.29, 1.82) is 0 Å². The molecule has 1 atom stereocenters. The minimum absolute atomic E-state index is 0.200. The number of hydrogen-bond donors (Lipinski definition) is 2. The van der Waals surface area contributed by atoms with Gasteiger partial charge in [-0.2, -0.15) is 0 Å². The largest absolute Gasteiger partial charge is 0.394 e. The van der Waals surface area contributed by atoms with Crippen LogP contribution in [0.25, 0.3) is 11.0 Å². The lowest BCUT2D eigenvalue weighted by Gasteiger charge is -2.11. The second-order valence-electron chi connectivity index (χ2n) is 4.02. The van der Waals surface area contributed by atoms with Crippen LogP contribution in [0.2, 0.25) is 0 Å². The highest BCUT2D eigenvalue weighted by Crippen LogP contribution is 2.22. The van der Waals surface area contributed by atoms with E-state index in [1.54, 1.807) is 6.07 Å². The number of para-hydroxylation sites is 1. The summed E-state index contributed by atoms with van der Waals surface area (Å²) in [6, 6.07) is 4.27. The number of aromatic nitrogens is 2. The van der Waals surface area contributed by atoms with E-state index in [1.807, 2.05) is 17.6 Å². The van der Waals surface area contributed by atoms with Crippen molar-refractivity contribution in [2.24, 2.45) is 5.73 Å². The maximum absolute atomic E-state index is 13.6. The SMILES string of the molecule is CCCn1c(C(N)CO)nc2c(F)cccc21. The number of halogens is 1. The van der Waals surface area contributed by atoms with Gasteiger partial charge in [-0.15, -0.1) is 0 Å². The van der Waals surface area contributed by atoms with Gasteiger partial charge in [0.1, 0.15) is 11.3 Å². The van der Waals surface area contributed by atoms with Crippen LogP contribution >= 0.6 is 0 Å². The molecule has 4 nitrogen and oxygen atoms in total. The van der Waals surface area contributed by atoms with Crippen molar-refractivity contribution in [2.45, 2.75) is 25.9 Å². The predicted octanol–water partition coefficient (Wildman–Crippen LogP) is 1.58. The molecule has 0 aliphatic rings. The fourth-order valence-electron chi connectivity index (χ4n) is 1.95. The van der Waals surface area contributed by atoms with E-state index < -0.39 is 6.04 Å². The van der Waals surface area contributed by atoms with Crippen molar-refractivity contribution in [3.05, 3.63) is 29.8 Å². The van der Waals surface area contributed by atoms with Gasteiger partial charge in [0, 0.05) is 6.54 Å². The lowest BCUT2D eigenvalue weighted by molar-refractivity contribution is 0.261. The minimum atomic E-state index is -0.576. The number of aliphatic hydroxyl groups excluding tert-OH is 1. The van der Waals surface area contributed by atoms with Crippen LogP contribution in [0.5, 0.6) is 0 Å². The van der Waals surface area contributed by atoms with E-state index in [2.05, 4.69) is 4.98 Å². The number of rotatable bonds is 4. The number of aliphatic hydroxyl groups is 1. The zero-order valence-electron chi connectivity index (χ0n) is 9.73. The Morgan fingerprint density at radius 2 is 2.29 bits per heavy atom. The molecule has 2 rings (SSSR count). The number of benzene rings is 1. The molecule has 0 fully saturated rings. The second-order valence-corrected chi connectivity index (χ2v) is 4.02. The van der Waals surface area contributed by atoms with Crippen molar-refractivity contribution in [2.75, 3.05) is 6.61 Å². The molecule has 2 aromatic rings. The van der Waals surface area contributed by atoms with Crippen molar-refractivity contribution < 1.29 is 9.50 Å². The first kappa shape index (κ1) is 12.0. The van der Waals surface area contributed by atoms with Crippen LogP contribution in [0, 0.1) is 5.82 Å². The average molecular weight is 237 g/mol. The first-order chi connectivity index (χ1) is 8.19. The van der Waals surface area contributed by atoms with Gasteiger partial charge >= 0.3 is 0 Å². The lowest BCUT2D eigenvalue weighted by Crippen LogP contribution is -2.20. The van der Waals surface area contributed by atoms with Crippen LogP contribution in [-0.4, -0.2) is 21.3 Å². The Kier molecular flexibility index (Phi) is 3.40. The normalized spacial score (nSPS) is 13.2. The van der Waals surface area contributed by atoms with Gasteiger partial charge in [0.15, 0.2) is 5.82 Å². The standard InChI is InChI=1S/C12H16FN3O/c1-2-6-16-10-5-3-4-8(13)11(10)15-12(16)9(14)7-17/h3-5,9,17H,2,6-7,14H2,1H3. The summed E-state index contributed by atoms with van der Waals surface area (Å²) in [6.07, 6.45) is 0.896. The Hall–Kier alpha value is -1.46. The lowest BCUT2D eigenvalue weighted by atomic mass is 10.3. The van der Waals surface area contributed by atoms with E-state index in [-0.39, 0.29) is 12.4 Å². The molecule has 0 radical (unpaired) electrons. The summed E-state index contributed by atoms with van der Waals surface area (Å²) in [5.74, 6) is 0.179.